The van der Waals surface area contributed by atoms with Crippen LogP contribution in [-0.4, -0.2) is 43.9 Å². The number of rotatable bonds is 4. The quantitative estimate of drug-likeness (QED) is 0.797. The first-order valence-electron chi connectivity index (χ1n) is 7.41. The predicted molar refractivity (Wildman–Crippen MR) is 82.1 cm³/mol. The molecule has 1 saturated carbocycles. The summed E-state index contributed by atoms with van der Waals surface area (Å²) in [6, 6.07) is 7.09. The fourth-order valence-corrected chi connectivity index (χ4v) is 5.14. The Balaban J connectivity index is 1.85. The Bertz CT molecular complexity index is 587. The number of hydrogen-bond donors (Lipinski definition) is 0. The van der Waals surface area contributed by atoms with Crippen LogP contribution < -0.4 is 0 Å². The molecule has 0 spiro atoms. The standard InChI is InChI=1S/C15H20ClNO3S/c16-9-8-12-4-6-13(7-5-12)21(18,19)17-10-11-20-15-3-1-2-14(15)17/h4-7,14-15H,1-3,8-11H2. The van der Waals surface area contributed by atoms with E-state index in [0.717, 1.165) is 31.2 Å². The van der Waals surface area contributed by atoms with Crippen molar-refractivity contribution < 1.29 is 13.2 Å². The van der Waals surface area contributed by atoms with E-state index in [2.05, 4.69) is 0 Å². The van der Waals surface area contributed by atoms with E-state index in [0.29, 0.717) is 23.9 Å². The van der Waals surface area contributed by atoms with Crippen LogP contribution in [0.4, 0.5) is 0 Å². The van der Waals surface area contributed by atoms with E-state index in [1.807, 2.05) is 12.1 Å². The van der Waals surface area contributed by atoms with Crippen molar-refractivity contribution in [2.75, 3.05) is 19.0 Å². The average molecular weight is 330 g/mol. The number of hydrogen-bond acceptors (Lipinski definition) is 3. The van der Waals surface area contributed by atoms with Crippen LogP contribution in [0.25, 0.3) is 0 Å². The number of benzene rings is 1. The number of aryl methyl sites for hydroxylation is 1. The molecule has 4 nitrogen and oxygen atoms in total. The van der Waals surface area contributed by atoms with Gasteiger partial charge in [-0.1, -0.05) is 12.1 Å². The summed E-state index contributed by atoms with van der Waals surface area (Å²) in [6.45, 7) is 0.942. The van der Waals surface area contributed by atoms with Crippen LogP contribution in [0.5, 0.6) is 0 Å². The van der Waals surface area contributed by atoms with Crippen molar-refractivity contribution in [3.63, 3.8) is 0 Å². The molecule has 116 valence electrons. The highest BCUT2D eigenvalue weighted by Gasteiger charge is 2.42. The SMILES string of the molecule is O=S(=O)(c1ccc(CCCl)cc1)N1CCOC2CCCC21. The third-order valence-corrected chi connectivity index (χ3v) is 6.47. The number of halogens is 1. The first kappa shape index (κ1) is 15.3. The monoisotopic (exact) mass is 329 g/mol. The Morgan fingerprint density at radius 2 is 2.00 bits per heavy atom. The van der Waals surface area contributed by atoms with E-state index in [1.54, 1.807) is 16.4 Å². The number of sulfonamides is 1. The molecule has 2 fully saturated rings. The van der Waals surface area contributed by atoms with E-state index in [-0.39, 0.29) is 12.1 Å². The smallest absolute Gasteiger partial charge is 0.243 e. The van der Waals surface area contributed by atoms with E-state index in [4.69, 9.17) is 16.3 Å². The van der Waals surface area contributed by atoms with E-state index in [9.17, 15) is 8.42 Å². The van der Waals surface area contributed by atoms with Gasteiger partial charge in [0.15, 0.2) is 0 Å². The van der Waals surface area contributed by atoms with Crippen molar-refractivity contribution in [2.24, 2.45) is 0 Å². The maximum absolute atomic E-state index is 12.8. The highest BCUT2D eigenvalue weighted by molar-refractivity contribution is 7.89. The minimum atomic E-state index is -3.43. The van der Waals surface area contributed by atoms with Crippen molar-refractivity contribution in [1.29, 1.82) is 0 Å². The van der Waals surface area contributed by atoms with Gasteiger partial charge >= 0.3 is 0 Å². The van der Waals surface area contributed by atoms with Crippen LogP contribution in [0.2, 0.25) is 0 Å². The minimum Gasteiger partial charge on any atom is -0.375 e. The van der Waals surface area contributed by atoms with Gasteiger partial charge in [-0.2, -0.15) is 4.31 Å². The molecule has 6 heteroatoms. The summed E-state index contributed by atoms with van der Waals surface area (Å²) >= 11 is 5.71. The lowest BCUT2D eigenvalue weighted by molar-refractivity contribution is -0.0241. The lowest BCUT2D eigenvalue weighted by Gasteiger charge is -2.36. The number of fused-ring (bicyclic) bond motifs is 1. The fourth-order valence-electron chi connectivity index (χ4n) is 3.26. The zero-order valence-corrected chi connectivity index (χ0v) is 13.4. The Kier molecular flexibility index (Phi) is 4.54. The van der Waals surface area contributed by atoms with Gasteiger partial charge in [0.2, 0.25) is 10.0 Å². The normalized spacial score (nSPS) is 26.7. The molecule has 21 heavy (non-hydrogen) atoms. The number of morpholine rings is 1. The maximum atomic E-state index is 12.8. The molecular weight excluding hydrogens is 310 g/mol. The van der Waals surface area contributed by atoms with Gasteiger partial charge in [0, 0.05) is 12.4 Å². The molecule has 2 unspecified atom stereocenters. The summed E-state index contributed by atoms with van der Waals surface area (Å²) < 4.78 is 33.0. The van der Waals surface area contributed by atoms with Crippen LogP contribution in [0.3, 0.4) is 0 Å². The van der Waals surface area contributed by atoms with Crippen molar-refractivity contribution in [1.82, 2.24) is 4.31 Å². The molecule has 0 N–H and O–H groups in total. The Labute approximate surface area is 131 Å². The Hall–Kier alpha value is -0.620. The molecule has 0 radical (unpaired) electrons. The molecule has 1 aliphatic heterocycles. The molecule has 2 aliphatic rings. The van der Waals surface area contributed by atoms with Crippen LogP contribution in [-0.2, 0) is 21.2 Å². The number of ether oxygens (including phenoxy) is 1. The predicted octanol–water partition coefficient (Wildman–Crippen LogP) is 2.41. The van der Waals surface area contributed by atoms with Crippen molar-refractivity contribution in [3.8, 4) is 0 Å². The molecule has 0 aromatic heterocycles. The average Bonchev–Trinajstić information content (AvgIpc) is 2.96. The van der Waals surface area contributed by atoms with E-state index < -0.39 is 10.0 Å². The van der Waals surface area contributed by atoms with Crippen LogP contribution in [0.1, 0.15) is 24.8 Å². The molecule has 1 aromatic rings. The van der Waals surface area contributed by atoms with Crippen molar-refractivity contribution >= 4 is 21.6 Å². The minimum absolute atomic E-state index is 0.00580. The first-order chi connectivity index (χ1) is 10.1. The van der Waals surface area contributed by atoms with Gasteiger partial charge in [-0.15, -0.1) is 11.6 Å². The largest absolute Gasteiger partial charge is 0.375 e. The molecular formula is C15H20ClNO3S. The number of nitrogens with zero attached hydrogens (tertiary/aromatic N) is 1. The van der Waals surface area contributed by atoms with Crippen LogP contribution in [0.15, 0.2) is 29.2 Å². The molecule has 0 bridgehead atoms. The highest BCUT2D eigenvalue weighted by Crippen LogP contribution is 2.33. The van der Waals surface area contributed by atoms with Gasteiger partial charge in [0.1, 0.15) is 0 Å². The first-order valence-corrected chi connectivity index (χ1v) is 9.39. The second-order valence-electron chi connectivity index (χ2n) is 5.61. The van der Waals surface area contributed by atoms with Crippen LogP contribution in [0, 0.1) is 0 Å². The van der Waals surface area contributed by atoms with Gasteiger partial charge in [-0.05, 0) is 43.4 Å². The molecule has 3 rings (SSSR count). The van der Waals surface area contributed by atoms with E-state index in [1.165, 1.54) is 0 Å². The summed E-state index contributed by atoms with van der Waals surface area (Å²) in [5, 5.41) is 0. The highest BCUT2D eigenvalue weighted by atomic mass is 35.5. The van der Waals surface area contributed by atoms with Crippen LogP contribution >= 0.6 is 11.6 Å². The molecule has 1 saturated heterocycles. The van der Waals surface area contributed by atoms with E-state index >= 15 is 0 Å². The van der Waals surface area contributed by atoms with Gasteiger partial charge in [0.05, 0.1) is 23.6 Å². The molecule has 2 atom stereocenters. The zero-order valence-electron chi connectivity index (χ0n) is 11.9. The summed E-state index contributed by atoms with van der Waals surface area (Å²) in [5.41, 5.74) is 1.06. The lowest BCUT2D eigenvalue weighted by atomic mass is 10.2. The second-order valence-corrected chi connectivity index (χ2v) is 7.87. The Morgan fingerprint density at radius 3 is 2.71 bits per heavy atom. The summed E-state index contributed by atoms with van der Waals surface area (Å²) in [5.74, 6) is 0.541. The summed E-state index contributed by atoms with van der Waals surface area (Å²) in [6.07, 6.45) is 3.73. The summed E-state index contributed by atoms with van der Waals surface area (Å²) in [7, 11) is -3.43. The lowest BCUT2D eigenvalue weighted by Crippen LogP contribution is -2.51. The van der Waals surface area contributed by atoms with Gasteiger partial charge in [-0.3, -0.25) is 0 Å². The molecule has 1 aromatic carbocycles. The Morgan fingerprint density at radius 1 is 1.24 bits per heavy atom. The van der Waals surface area contributed by atoms with Crippen molar-refractivity contribution in [2.45, 2.75) is 42.7 Å². The topological polar surface area (TPSA) is 46.6 Å². The fraction of sp³-hybridized carbons (Fsp3) is 0.600. The second kappa shape index (κ2) is 6.24. The molecule has 0 amide bonds. The summed E-state index contributed by atoms with van der Waals surface area (Å²) in [4.78, 5) is 0.369. The molecule has 1 aliphatic carbocycles. The van der Waals surface area contributed by atoms with Gasteiger partial charge in [-0.25, -0.2) is 8.42 Å². The maximum Gasteiger partial charge on any atom is 0.243 e. The third-order valence-electron chi connectivity index (χ3n) is 4.34. The number of alkyl halides is 1. The van der Waals surface area contributed by atoms with Crippen molar-refractivity contribution in [3.05, 3.63) is 29.8 Å². The van der Waals surface area contributed by atoms with Gasteiger partial charge in [0.25, 0.3) is 0 Å². The molecule has 1 heterocycles. The zero-order chi connectivity index (χ0) is 14.9. The van der Waals surface area contributed by atoms with Gasteiger partial charge < -0.3 is 4.74 Å². The third kappa shape index (κ3) is 2.97.